The van der Waals surface area contributed by atoms with Gasteiger partial charge in [0.1, 0.15) is 0 Å². The number of hydrogen-bond acceptors (Lipinski definition) is 10. The molecule has 0 radical (unpaired) electrons. The normalized spacial score (nSPS) is 16.9. The molecule has 27 heavy (non-hydrogen) atoms. The summed E-state index contributed by atoms with van der Waals surface area (Å²) in [5, 5.41) is 22.0. The van der Waals surface area contributed by atoms with Crippen LogP contribution in [-0.2, 0) is 0 Å². The fourth-order valence-corrected chi connectivity index (χ4v) is 3.86. The maximum Gasteiger partial charge on any atom is 0.244 e. The van der Waals surface area contributed by atoms with Gasteiger partial charge in [0.2, 0.25) is 11.7 Å². The van der Waals surface area contributed by atoms with Gasteiger partial charge >= 0.3 is 0 Å². The van der Waals surface area contributed by atoms with Crippen molar-refractivity contribution in [1.82, 2.24) is 40.3 Å². The standard InChI is InChI=1S/C16H17N9OS/c1-11(16-17-15(20-26-16)12-3-2-10-27-12)23-6-8-24(9-7-23)14-5-4-13-18-21-22-25(13)19-14/h2-5,10-11H,6-9H2,1H3. The van der Waals surface area contributed by atoms with E-state index in [2.05, 4.69) is 47.5 Å². The van der Waals surface area contributed by atoms with Gasteiger partial charge in [0.15, 0.2) is 11.5 Å². The first-order valence-corrected chi connectivity index (χ1v) is 9.58. The van der Waals surface area contributed by atoms with Gasteiger partial charge in [-0.25, -0.2) is 0 Å². The Morgan fingerprint density at radius 3 is 2.85 bits per heavy atom. The highest BCUT2D eigenvalue weighted by molar-refractivity contribution is 7.13. The van der Waals surface area contributed by atoms with Gasteiger partial charge in [0, 0.05) is 26.2 Å². The fourth-order valence-electron chi connectivity index (χ4n) is 3.21. The highest BCUT2D eigenvalue weighted by Crippen LogP contribution is 2.26. The molecule has 0 aromatic carbocycles. The van der Waals surface area contributed by atoms with Crippen LogP contribution in [0.1, 0.15) is 18.9 Å². The van der Waals surface area contributed by atoms with Crippen molar-refractivity contribution >= 4 is 22.8 Å². The SMILES string of the molecule is CC(c1nc(-c2cccs2)no1)N1CCN(c2ccc3nnnn3n2)CC1. The van der Waals surface area contributed by atoms with Gasteiger partial charge in [-0.05, 0) is 40.9 Å². The monoisotopic (exact) mass is 383 g/mol. The number of tetrazole rings is 1. The van der Waals surface area contributed by atoms with Crippen LogP contribution in [0.15, 0.2) is 34.2 Å². The van der Waals surface area contributed by atoms with Crippen LogP contribution in [0.3, 0.4) is 0 Å². The number of piperazine rings is 1. The molecule has 0 saturated carbocycles. The van der Waals surface area contributed by atoms with Crippen molar-refractivity contribution in [2.45, 2.75) is 13.0 Å². The third kappa shape index (κ3) is 3.04. The van der Waals surface area contributed by atoms with E-state index in [-0.39, 0.29) is 6.04 Å². The molecule has 11 heteroatoms. The third-order valence-electron chi connectivity index (χ3n) is 4.78. The Labute approximate surface area is 158 Å². The van der Waals surface area contributed by atoms with Crippen molar-refractivity contribution in [1.29, 1.82) is 0 Å². The zero-order valence-electron chi connectivity index (χ0n) is 14.6. The van der Waals surface area contributed by atoms with Gasteiger partial charge in [0.05, 0.1) is 10.9 Å². The zero-order valence-corrected chi connectivity index (χ0v) is 15.5. The minimum absolute atomic E-state index is 0.0725. The molecule has 1 aliphatic heterocycles. The Morgan fingerprint density at radius 1 is 1.15 bits per heavy atom. The van der Waals surface area contributed by atoms with Gasteiger partial charge in [-0.15, -0.1) is 26.2 Å². The molecule has 5 heterocycles. The van der Waals surface area contributed by atoms with Crippen LogP contribution >= 0.6 is 11.3 Å². The quantitative estimate of drug-likeness (QED) is 0.519. The third-order valence-corrected chi connectivity index (χ3v) is 5.65. The summed E-state index contributed by atoms with van der Waals surface area (Å²) in [6.07, 6.45) is 0. The van der Waals surface area contributed by atoms with Gasteiger partial charge in [-0.2, -0.15) is 4.98 Å². The number of nitrogens with zero attached hydrogens (tertiary/aromatic N) is 9. The molecule has 0 N–H and O–H groups in total. The topological polar surface area (TPSA) is 101 Å². The molecule has 1 unspecified atom stereocenters. The number of thiophene rings is 1. The van der Waals surface area contributed by atoms with E-state index in [9.17, 15) is 0 Å². The molecule has 1 atom stereocenters. The fraction of sp³-hybridized carbons (Fsp3) is 0.375. The predicted molar refractivity (Wildman–Crippen MR) is 98.4 cm³/mol. The maximum atomic E-state index is 5.51. The second-order valence-electron chi connectivity index (χ2n) is 6.35. The molecule has 1 fully saturated rings. The molecule has 5 rings (SSSR count). The van der Waals surface area contributed by atoms with E-state index in [0.29, 0.717) is 17.4 Å². The van der Waals surface area contributed by atoms with Crippen LogP contribution in [-0.4, -0.2) is 66.5 Å². The molecule has 10 nitrogen and oxygen atoms in total. The van der Waals surface area contributed by atoms with Crippen molar-refractivity contribution < 1.29 is 4.52 Å². The molecule has 0 spiro atoms. The molecular weight excluding hydrogens is 366 g/mol. The predicted octanol–water partition coefficient (Wildman–Crippen LogP) is 1.51. The molecule has 0 bridgehead atoms. The lowest BCUT2D eigenvalue weighted by Gasteiger charge is -2.37. The van der Waals surface area contributed by atoms with Crippen LogP contribution in [0.2, 0.25) is 0 Å². The Kier molecular flexibility index (Phi) is 4.02. The van der Waals surface area contributed by atoms with Crippen LogP contribution in [0, 0.1) is 0 Å². The lowest BCUT2D eigenvalue weighted by molar-refractivity contribution is 0.164. The van der Waals surface area contributed by atoms with Crippen LogP contribution in [0.25, 0.3) is 16.3 Å². The smallest absolute Gasteiger partial charge is 0.244 e. The van der Waals surface area contributed by atoms with E-state index in [1.165, 1.54) is 4.63 Å². The van der Waals surface area contributed by atoms with E-state index in [4.69, 9.17) is 4.52 Å². The van der Waals surface area contributed by atoms with Gasteiger partial charge in [0.25, 0.3) is 0 Å². The number of fused-ring (bicyclic) bond motifs is 1. The highest BCUT2D eigenvalue weighted by Gasteiger charge is 2.26. The molecule has 1 aliphatic rings. The molecule has 1 saturated heterocycles. The van der Waals surface area contributed by atoms with E-state index in [1.54, 1.807) is 11.3 Å². The highest BCUT2D eigenvalue weighted by atomic mass is 32.1. The van der Waals surface area contributed by atoms with Crippen molar-refractivity contribution in [3.63, 3.8) is 0 Å². The summed E-state index contributed by atoms with van der Waals surface area (Å²) in [6, 6.07) is 7.89. The van der Waals surface area contributed by atoms with Crippen molar-refractivity contribution in [3.05, 3.63) is 35.5 Å². The number of anilines is 1. The van der Waals surface area contributed by atoms with E-state index >= 15 is 0 Å². The zero-order chi connectivity index (χ0) is 18.2. The lowest BCUT2D eigenvalue weighted by Crippen LogP contribution is -2.47. The lowest BCUT2D eigenvalue weighted by atomic mass is 10.2. The summed E-state index contributed by atoms with van der Waals surface area (Å²) in [4.78, 5) is 10.2. The number of rotatable bonds is 4. The summed E-state index contributed by atoms with van der Waals surface area (Å²) in [5.74, 6) is 2.18. The number of aromatic nitrogens is 7. The Balaban J connectivity index is 1.26. The number of hydrogen-bond donors (Lipinski definition) is 0. The first-order valence-electron chi connectivity index (χ1n) is 8.70. The summed E-state index contributed by atoms with van der Waals surface area (Å²) in [5.41, 5.74) is 0.643. The Bertz CT molecular complexity index is 1040. The molecule has 4 aromatic rings. The summed E-state index contributed by atoms with van der Waals surface area (Å²) < 4.78 is 6.96. The van der Waals surface area contributed by atoms with Crippen molar-refractivity contribution in [2.75, 3.05) is 31.1 Å². The minimum Gasteiger partial charge on any atom is -0.353 e. The summed E-state index contributed by atoms with van der Waals surface area (Å²) in [6.45, 7) is 5.58. The van der Waals surface area contributed by atoms with Gasteiger partial charge in [-0.3, -0.25) is 4.90 Å². The Hall–Kier alpha value is -2.92. The second-order valence-corrected chi connectivity index (χ2v) is 7.30. The van der Waals surface area contributed by atoms with E-state index < -0.39 is 0 Å². The average Bonchev–Trinajstić information content (AvgIpc) is 3.48. The molecule has 0 amide bonds. The van der Waals surface area contributed by atoms with E-state index in [0.717, 1.165) is 36.9 Å². The van der Waals surface area contributed by atoms with Crippen molar-refractivity contribution in [3.8, 4) is 10.7 Å². The molecule has 0 aliphatic carbocycles. The molecule has 138 valence electrons. The largest absolute Gasteiger partial charge is 0.353 e. The average molecular weight is 383 g/mol. The second kappa shape index (κ2) is 6.67. The van der Waals surface area contributed by atoms with E-state index in [1.807, 2.05) is 29.6 Å². The molecular formula is C16H17N9OS. The minimum atomic E-state index is 0.0725. The van der Waals surface area contributed by atoms with Gasteiger partial charge in [-0.1, -0.05) is 11.2 Å². The summed E-state index contributed by atoms with van der Waals surface area (Å²) >= 11 is 1.61. The van der Waals surface area contributed by atoms with Crippen LogP contribution < -0.4 is 4.90 Å². The van der Waals surface area contributed by atoms with Crippen molar-refractivity contribution in [2.24, 2.45) is 0 Å². The maximum absolute atomic E-state index is 5.51. The Morgan fingerprint density at radius 2 is 2.04 bits per heavy atom. The molecule has 4 aromatic heterocycles. The first kappa shape index (κ1) is 16.3. The van der Waals surface area contributed by atoms with Crippen LogP contribution in [0.4, 0.5) is 5.82 Å². The van der Waals surface area contributed by atoms with Gasteiger partial charge < -0.3 is 9.42 Å². The first-order chi connectivity index (χ1) is 13.3. The van der Waals surface area contributed by atoms with Crippen LogP contribution in [0.5, 0.6) is 0 Å². The summed E-state index contributed by atoms with van der Waals surface area (Å²) in [7, 11) is 0.